The van der Waals surface area contributed by atoms with E-state index in [9.17, 15) is 18.0 Å². The van der Waals surface area contributed by atoms with E-state index in [2.05, 4.69) is 0 Å². The van der Waals surface area contributed by atoms with Gasteiger partial charge in [-0.15, -0.1) is 0 Å². The Morgan fingerprint density at radius 2 is 1.84 bits per heavy atom. The zero-order chi connectivity index (χ0) is 14.3. The molecule has 0 fully saturated rings. The van der Waals surface area contributed by atoms with Crippen LogP contribution in [0.2, 0.25) is 0 Å². The lowest BCUT2D eigenvalue weighted by Crippen LogP contribution is -2.33. The molecular weight excluding hydrogens is 257 g/mol. The Balaban J connectivity index is 2.71. The van der Waals surface area contributed by atoms with Crippen LogP contribution in [0.4, 0.5) is 18.9 Å². The summed E-state index contributed by atoms with van der Waals surface area (Å²) in [5.74, 6) is -0.531. The van der Waals surface area contributed by atoms with E-state index >= 15 is 0 Å². The summed E-state index contributed by atoms with van der Waals surface area (Å²) >= 11 is 0. The van der Waals surface area contributed by atoms with Gasteiger partial charge in [-0.1, -0.05) is 18.2 Å². The second kappa shape index (κ2) is 7.13. The number of rotatable bonds is 6. The number of carbonyl (C=O) groups excluding carboxylic acids is 1. The van der Waals surface area contributed by atoms with Crippen molar-refractivity contribution in [3.8, 4) is 0 Å². The fourth-order valence-corrected chi connectivity index (χ4v) is 1.64. The van der Waals surface area contributed by atoms with Crippen LogP contribution in [0.5, 0.6) is 0 Å². The molecule has 0 bridgehead atoms. The predicted molar refractivity (Wildman–Crippen MR) is 67.8 cm³/mol. The minimum atomic E-state index is -4.31. The Hall–Kier alpha value is -1.56. The van der Waals surface area contributed by atoms with Gasteiger partial charge in [0.1, 0.15) is 0 Å². The van der Waals surface area contributed by atoms with Crippen molar-refractivity contribution in [2.45, 2.75) is 25.4 Å². The van der Waals surface area contributed by atoms with Gasteiger partial charge in [-0.2, -0.15) is 13.2 Å². The summed E-state index contributed by atoms with van der Waals surface area (Å²) in [7, 11) is 0. The summed E-state index contributed by atoms with van der Waals surface area (Å²) in [5, 5.41) is 0. The second-order valence-electron chi connectivity index (χ2n) is 4.14. The lowest BCUT2D eigenvalue weighted by Gasteiger charge is -2.23. The number of halogens is 3. The Morgan fingerprint density at radius 3 is 2.37 bits per heavy atom. The van der Waals surface area contributed by atoms with Gasteiger partial charge in [-0.05, 0) is 25.1 Å². The van der Waals surface area contributed by atoms with Crippen molar-refractivity contribution < 1.29 is 18.0 Å². The van der Waals surface area contributed by atoms with E-state index in [0.717, 1.165) is 0 Å². The number of nitrogens with zero attached hydrogens (tertiary/aromatic N) is 1. The third-order valence-electron chi connectivity index (χ3n) is 2.58. The van der Waals surface area contributed by atoms with E-state index in [1.165, 1.54) is 4.90 Å². The molecule has 0 aliphatic heterocycles. The molecule has 0 saturated heterocycles. The fraction of sp³-hybridized carbons (Fsp3) is 0.462. The molecule has 0 aromatic heterocycles. The third-order valence-corrected chi connectivity index (χ3v) is 2.58. The molecule has 0 atom stereocenters. The maximum absolute atomic E-state index is 12.1. The molecule has 1 aromatic carbocycles. The van der Waals surface area contributed by atoms with Gasteiger partial charge in [0.05, 0.1) is 6.42 Å². The Labute approximate surface area is 110 Å². The van der Waals surface area contributed by atoms with Gasteiger partial charge >= 0.3 is 6.18 Å². The average molecular weight is 274 g/mol. The molecule has 2 N–H and O–H groups in total. The summed E-state index contributed by atoms with van der Waals surface area (Å²) in [6.45, 7) is 0.715. The van der Waals surface area contributed by atoms with Crippen LogP contribution < -0.4 is 10.6 Å². The van der Waals surface area contributed by atoms with E-state index in [-0.39, 0.29) is 0 Å². The molecule has 0 spiro atoms. The van der Waals surface area contributed by atoms with Gasteiger partial charge in [-0.3, -0.25) is 4.79 Å². The number of nitrogens with two attached hydrogens (primary N) is 1. The summed E-state index contributed by atoms with van der Waals surface area (Å²) in [4.78, 5) is 13.2. The Bertz CT molecular complexity index is 393. The van der Waals surface area contributed by atoms with Crippen LogP contribution in [0.1, 0.15) is 19.3 Å². The van der Waals surface area contributed by atoms with Gasteiger partial charge in [0.2, 0.25) is 5.91 Å². The highest BCUT2D eigenvalue weighted by molar-refractivity contribution is 5.93. The van der Waals surface area contributed by atoms with Crippen LogP contribution in [0.25, 0.3) is 0 Å². The molecule has 19 heavy (non-hydrogen) atoms. The van der Waals surface area contributed by atoms with Crippen LogP contribution in [0.3, 0.4) is 0 Å². The first-order valence-electron chi connectivity index (χ1n) is 6.06. The van der Waals surface area contributed by atoms with E-state index < -0.39 is 24.9 Å². The molecule has 6 heteroatoms. The van der Waals surface area contributed by atoms with Crippen LogP contribution in [0, 0.1) is 0 Å². The highest BCUT2D eigenvalue weighted by Crippen LogP contribution is 2.23. The molecule has 0 radical (unpaired) electrons. The van der Waals surface area contributed by atoms with Crippen molar-refractivity contribution in [1.82, 2.24) is 0 Å². The molecule has 1 aromatic rings. The summed E-state index contributed by atoms with van der Waals surface area (Å²) in [6.07, 6.45) is -5.40. The van der Waals surface area contributed by atoms with Gasteiger partial charge in [0.15, 0.2) is 0 Å². The number of amides is 1. The van der Waals surface area contributed by atoms with Crippen molar-refractivity contribution in [3.63, 3.8) is 0 Å². The lowest BCUT2D eigenvalue weighted by atomic mass is 10.2. The molecule has 1 amide bonds. The molecule has 0 aliphatic rings. The number of para-hydroxylation sites is 1. The number of carbonyl (C=O) groups is 1. The number of hydrogen-bond acceptors (Lipinski definition) is 2. The van der Waals surface area contributed by atoms with Crippen molar-refractivity contribution in [2.75, 3.05) is 18.0 Å². The summed E-state index contributed by atoms with van der Waals surface area (Å²) in [5.41, 5.74) is 5.98. The topological polar surface area (TPSA) is 46.3 Å². The SMILES string of the molecule is NCCCN(C(=O)CCC(F)(F)F)c1ccccc1. The molecule has 106 valence electrons. The molecular formula is C13H17F3N2O. The number of alkyl halides is 3. The van der Waals surface area contributed by atoms with E-state index in [1.54, 1.807) is 30.3 Å². The van der Waals surface area contributed by atoms with Crippen molar-refractivity contribution in [1.29, 1.82) is 0 Å². The van der Waals surface area contributed by atoms with Crippen LogP contribution in [0.15, 0.2) is 30.3 Å². The van der Waals surface area contributed by atoms with Gasteiger partial charge < -0.3 is 10.6 Å². The van der Waals surface area contributed by atoms with Crippen molar-refractivity contribution in [2.24, 2.45) is 5.73 Å². The van der Waals surface area contributed by atoms with Crippen molar-refractivity contribution in [3.05, 3.63) is 30.3 Å². The molecule has 0 saturated carbocycles. The highest BCUT2D eigenvalue weighted by atomic mass is 19.4. The average Bonchev–Trinajstić information content (AvgIpc) is 2.37. The first kappa shape index (κ1) is 15.5. The normalized spacial score (nSPS) is 11.4. The van der Waals surface area contributed by atoms with E-state index in [1.807, 2.05) is 0 Å². The molecule has 0 aliphatic carbocycles. The lowest BCUT2D eigenvalue weighted by molar-refractivity contribution is -0.143. The van der Waals surface area contributed by atoms with Crippen molar-refractivity contribution >= 4 is 11.6 Å². The predicted octanol–water partition coefficient (Wildman–Crippen LogP) is 2.71. The summed E-state index contributed by atoms with van der Waals surface area (Å²) < 4.78 is 36.4. The van der Waals surface area contributed by atoms with Crippen LogP contribution in [-0.2, 0) is 4.79 Å². The number of hydrogen-bond donors (Lipinski definition) is 1. The molecule has 1 rings (SSSR count). The Kier molecular flexibility index (Phi) is 5.82. The maximum Gasteiger partial charge on any atom is 0.389 e. The fourth-order valence-electron chi connectivity index (χ4n) is 1.64. The Morgan fingerprint density at radius 1 is 1.21 bits per heavy atom. The zero-order valence-corrected chi connectivity index (χ0v) is 10.5. The van der Waals surface area contributed by atoms with Gasteiger partial charge in [0, 0.05) is 18.7 Å². The first-order valence-corrected chi connectivity index (χ1v) is 6.06. The minimum Gasteiger partial charge on any atom is -0.330 e. The first-order chi connectivity index (χ1) is 8.94. The summed E-state index contributed by atoms with van der Waals surface area (Å²) in [6, 6.07) is 8.65. The van der Waals surface area contributed by atoms with E-state index in [4.69, 9.17) is 5.73 Å². The zero-order valence-electron chi connectivity index (χ0n) is 10.5. The molecule has 0 heterocycles. The quantitative estimate of drug-likeness (QED) is 0.867. The standard InChI is InChI=1S/C13H17F3N2O/c14-13(15,16)8-7-12(19)18(10-4-9-17)11-5-2-1-3-6-11/h1-3,5-6H,4,7-10,17H2. The monoisotopic (exact) mass is 274 g/mol. The van der Waals surface area contributed by atoms with Crippen LogP contribution in [-0.4, -0.2) is 25.2 Å². The number of anilines is 1. The smallest absolute Gasteiger partial charge is 0.330 e. The molecule has 0 unspecified atom stereocenters. The van der Waals surface area contributed by atoms with Crippen LogP contribution >= 0.6 is 0 Å². The molecule has 3 nitrogen and oxygen atoms in total. The van der Waals surface area contributed by atoms with Gasteiger partial charge in [0.25, 0.3) is 0 Å². The minimum absolute atomic E-state index is 0.331. The third kappa shape index (κ3) is 5.74. The maximum atomic E-state index is 12.1. The van der Waals surface area contributed by atoms with E-state index in [0.29, 0.717) is 25.2 Å². The largest absolute Gasteiger partial charge is 0.389 e. The highest BCUT2D eigenvalue weighted by Gasteiger charge is 2.29. The van der Waals surface area contributed by atoms with Gasteiger partial charge in [-0.25, -0.2) is 0 Å². The number of benzene rings is 1. The second-order valence-corrected chi connectivity index (χ2v) is 4.14.